The van der Waals surface area contributed by atoms with Crippen LogP contribution in [-0.2, 0) is 14.3 Å². The van der Waals surface area contributed by atoms with E-state index in [0.29, 0.717) is 32.2 Å². The van der Waals surface area contributed by atoms with Crippen molar-refractivity contribution in [2.24, 2.45) is 0 Å². The van der Waals surface area contributed by atoms with Crippen LogP contribution >= 0.6 is 0 Å². The molecule has 130 valence electrons. The monoisotopic (exact) mass is 331 g/mol. The molecule has 1 aliphatic heterocycles. The molecule has 0 unspecified atom stereocenters. The molecule has 24 heavy (non-hydrogen) atoms. The van der Waals surface area contributed by atoms with Crippen molar-refractivity contribution in [1.82, 2.24) is 5.32 Å². The molecule has 1 N–H and O–H groups in total. The first-order chi connectivity index (χ1) is 11.6. The zero-order valence-corrected chi connectivity index (χ0v) is 14.2. The molecule has 1 heterocycles. The Bertz CT molecular complexity index is 595. The number of hydrogen-bond donors (Lipinski definition) is 1. The number of para-hydroxylation sites is 2. The smallest absolute Gasteiger partial charge is 0.223 e. The minimum atomic E-state index is -0.0464. The van der Waals surface area contributed by atoms with Gasteiger partial charge >= 0.3 is 0 Å². The van der Waals surface area contributed by atoms with Crippen molar-refractivity contribution in [2.75, 3.05) is 42.6 Å². The number of benzene rings is 1. The summed E-state index contributed by atoms with van der Waals surface area (Å²) in [5.41, 5.74) is 1.89. The van der Waals surface area contributed by atoms with E-state index in [1.807, 2.05) is 24.3 Å². The first-order valence-electron chi connectivity index (χ1n) is 8.64. The fourth-order valence-corrected chi connectivity index (χ4v) is 2.95. The molecule has 1 aromatic rings. The van der Waals surface area contributed by atoms with Crippen molar-refractivity contribution in [2.45, 2.75) is 32.2 Å². The van der Waals surface area contributed by atoms with Crippen molar-refractivity contribution in [3.63, 3.8) is 0 Å². The molecule has 1 aliphatic carbocycles. The fraction of sp³-hybridized carbons (Fsp3) is 0.556. The summed E-state index contributed by atoms with van der Waals surface area (Å²) in [6.07, 6.45) is 2.47. The van der Waals surface area contributed by atoms with Crippen LogP contribution in [0.25, 0.3) is 0 Å². The summed E-state index contributed by atoms with van der Waals surface area (Å²) in [5, 5.41) is 2.97. The molecule has 1 saturated carbocycles. The topological polar surface area (TPSA) is 61.9 Å². The van der Waals surface area contributed by atoms with Gasteiger partial charge in [-0.3, -0.25) is 9.59 Å². The molecule has 3 rings (SSSR count). The van der Waals surface area contributed by atoms with Gasteiger partial charge in [0.15, 0.2) is 0 Å². The molecule has 2 fully saturated rings. The van der Waals surface area contributed by atoms with Gasteiger partial charge in [0.2, 0.25) is 11.8 Å². The molecule has 2 aliphatic rings. The van der Waals surface area contributed by atoms with Gasteiger partial charge in [-0.15, -0.1) is 0 Å². The van der Waals surface area contributed by atoms with Gasteiger partial charge in [-0.05, 0) is 25.0 Å². The standard InChI is InChI=1S/C18H25N3O3/c1-14(22)21(9-8-18(23)19-15-6-7-15)17-5-3-2-4-16(17)20-10-12-24-13-11-20/h2-5,15H,6-13H2,1H3,(H,19,23). The van der Waals surface area contributed by atoms with Crippen molar-refractivity contribution >= 4 is 23.2 Å². The van der Waals surface area contributed by atoms with Gasteiger partial charge in [0.05, 0.1) is 24.6 Å². The minimum absolute atomic E-state index is 0.0209. The molecule has 0 spiro atoms. The maximum atomic E-state index is 12.2. The first-order valence-corrected chi connectivity index (χ1v) is 8.64. The molecular weight excluding hydrogens is 306 g/mol. The van der Waals surface area contributed by atoms with Crippen LogP contribution in [0.3, 0.4) is 0 Å². The van der Waals surface area contributed by atoms with E-state index < -0.39 is 0 Å². The summed E-state index contributed by atoms with van der Waals surface area (Å²) >= 11 is 0. The summed E-state index contributed by atoms with van der Waals surface area (Å²) in [4.78, 5) is 28.1. The third-order valence-electron chi connectivity index (χ3n) is 4.41. The number of nitrogens with zero attached hydrogens (tertiary/aromatic N) is 2. The van der Waals surface area contributed by atoms with Crippen LogP contribution in [0.1, 0.15) is 26.2 Å². The second kappa shape index (κ2) is 7.66. The van der Waals surface area contributed by atoms with Gasteiger partial charge in [-0.1, -0.05) is 12.1 Å². The summed E-state index contributed by atoms with van der Waals surface area (Å²) in [5.74, 6) is -0.0254. The Labute approximate surface area is 142 Å². The van der Waals surface area contributed by atoms with Gasteiger partial charge in [-0.25, -0.2) is 0 Å². The van der Waals surface area contributed by atoms with Crippen LogP contribution in [0.15, 0.2) is 24.3 Å². The fourth-order valence-electron chi connectivity index (χ4n) is 2.95. The third-order valence-corrected chi connectivity index (χ3v) is 4.41. The average Bonchev–Trinajstić information content (AvgIpc) is 3.40. The molecule has 6 heteroatoms. The van der Waals surface area contributed by atoms with Crippen molar-refractivity contribution in [3.8, 4) is 0 Å². The van der Waals surface area contributed by atoms with Crippen LogP contribution < -0.4 is 15.1 Å². The van der Waals surface area contributed by atoms with Crippen molar-refractivity contribution in [3.05, 3.63) is 24.3 Å². The second-order valence-corrected chi connectivity index (χ2v) is 6.35. The Morgan fingerprint density at radius 2 is 1.96 bits per heavy atom. The predicted octanol–water partition coefficient (Wildman–Crippen LogP) is 1.54. The highest BCUT2D eigenvalue weighted by atomic mass is 16.5. The van der Waals surface area contributed by atoms with Crippen LogP contribution in [0.5, 0.6) is 0 Å². The lowest BCUT2D eigenvalue weighted by Gasteiger charge is -2.33. The number of carbonyl (C=O) groups excluding carboxylic acids is 2. The lowest BCUT2D eigenvalue weighted by atomic mass is 10.2. The van der Waals surface area contributed by atoms with E-state index in [9.17, 15) is 9.59 Å². The molecular formula is C18H25N3O3. The molecule has 0 atom stereocenters. The molecule has 0 bridgehead atoms. The normalized spacial score (nSPS) is 17.5. The number of rotatable bonds is 6. The van der Waals surface area contributed by atoms with E-state index in [1.54, 1.807) is 11.8 Å². The van der Waals surface area contributed by atoms with Crippen LogP contribution in [-0.4, -0.2) is 50.7 Å². The maximum Gasteiger partial charge on any atom is 0.223 e. The van der Waals surface area contributed by atoms with E-state index in [0.717, 1.165) is 37.3 Å². The number of nitrogens with one attached hydrogen (secondary N) is 1. The number of carbonyl (C=O) groups is 2. The van der Waals surface area contributed by atoms with E-state index in [4.69, 9.17) is 4.74 Å². The summed E-state index contributed by atoms with van der Waals surface area (Å²) in [6.45, 7) is 4.95. The predicted molar refractivity (Wildman–Crippen MR) is 93.3 cm³/mol. The highest BCUT2D eigenvalue weighted by molar-refractivity contribution is 5.96. The summed E-state index contributed by atoms with van der Waals surface area (Å²) in [6, 6.07) is 8.24. The lowest BCUT2D eigenvalue weighted by Crippen LogP contribution is -2.39. The van der Waals surface area contributed by atoms with Gasteiger partial charge < -0.3 is 19.9 Å². The van der Waals surface area contributed by atoms with Crippen LogP contribution in [0, 0.1) is 0 Å². The number of hydrogen-bond acceptors (Lipinski definition) is 4. The van der Waals surface area contributed by atoms with E-state index in [1.165, 1.54) is 0 Å². The van der Waals surface area contributed by atoms with Crippen molar-refractivity contribution in [1.29, 1.82) is 0 Å². The number of morpholine rings is 1. The second-order valence-electron chi connectivity index (χ2n) is 6.35. The van der Waals surface area contributed by atoms with E-state index in [-0.39, 0.29) is 11.8 Å². The van der Waals surface area contributed by atoms with Gasteiger partial charge in [0.25, 0.3) is 0 Å². The summed E-state index contributed by atoms with van der Waals surface area (Å²) in [7, 11) is 0. The van der Waals surface area contributed by atoms with Crippen LogP contribution in [0.2, 0.25) is 0 Å². The quantitative estimate of drug-likeness (QED) is 0.859. The Kier molecular flexibility index (Phi) is 5.35. The number of anilines is 2. The maximum absolute atomic E-state index is 12.2. The Morgan fingerprint density at radius 3 is 2.62 bits per heavy atom. The average molecular weight is 331 g/mol. The van der Waals surface area contributed by atoms with Gasteiger partial charge in [0, 0.05) is 39.0 Å². The van der Waals surface area contributed by atoms with Crippen molar-refractivity contribution < 1.29 is 14.3 Å². The van der Waals surface area contributed by atoms with E-state index >= 15 is 0 Å². The van der Waals surface area contributed by atoms with Gasteiger partial charge in [-0.2, -0.15) is 0 Å². The first kappa shape index (κ1) is 16.8. The molecule has 0 aromatic heterocycles. The number of ether oxygens (including phenoxy) is 1. The Balaban J connectivity index is 1.72. The Hall–Kier alpha value is -2.08. The molecule has 0 radical (unpaired) electrons. The number of amides is 2. The highest BCUT2D eigenvalue weighted by Crippen LogP contribution is 2.30. The van der Waals surface area contributed by atoms with Gasteiger partial charge in [0.1, 0.15) is 0 Å². The lowest BCUT2D eigenvalue weighted by molar-refractivity contribution is -0.121. The highest BCUT2D eigenvalue weighted by Gasteiger charge is 2.24. The third kappa shape index (κ3) is 4.26. The molecule has 2 amide bonds. The Morgan fingerprint density at radius 1 is 1.25 bits per heavy atom. The summed E-state index contributed by atoms with van der Waals surface area (Å²) < 4.78 is 5.42. The molecule has 6 nitrogen and oxygen atoms in total. The molecule has 1 saturated heterocycles. The van der Waals surface area contributed by atoms with E-state index in [2.05, 4.69) is 10.2 Å². The van der Waals surface area contributed by atoms with Crippen LogP contribution in [0.4, 0.5) is 11.4 Å². The minimum Gasteiger partial charge on any atom is -0.378 e. The SMILES string of the molecule is CC(=O)N(CCC(=O)NC1CC1)c1ccccc1N1CCOCC1. The zero-order chi connectivity index (χ0) is 16.9. The zero-order valence-electron chi connectivity index (χ0n) is 14.2. The largest absolute Gasteiger partial charge is 0.378 e. The molecule has 1 aromatic carbocycles.